The van der Waals surface area contributed by atoms with Crippen LogP contribution in [0.4, 0.5) is 4.39 Å². The highest BCUT2D eigenvalue weighted by molar-refractivity contribution is 5.78. The zero-order chi connectivity index (χ0) is 13.8. The van der Waals surface area contributed by atoms with Crippen molar-refractivity contribution in [3.8, 4) is 0 Å². The minimum absolute atomic E-state index is 0.0182. The predicted molar refractivity (Wildman–Crippen MR) is 74.3 cm³/mol. The SMILES string of the molecule is CC1CCC(N(C)C(=O)Cc2ccccc2F)CC1. The van der Waals surface area contributed by atoms with Crippen LogP contribution in [0, 0.1) is 11.7 Å². The number of amides is 1. The lowest BCUT2D eigenvalue weighted by molar-refractivity contribution is -0.132. The molecule has 3 heteroatoms. The summed E-state index contributed by atoms with van der Waals surface area (Å²) in [6.45, 7) is 2.26. The monoisotopic (exact) mass is 263 g/mol. The maximum absolute atomic E-state index is 13.5. The number of halogens is 1. The van der Waals surface area contributed by atoms with Crippen molar-refractivity contribution in [2.45, 2.75) is 45.1 Å². The lowest BCUT2D eigenvalue weighted by Gasteiger charge is -2.33. The fourth-order valence-corrected chi connectivity index (χ4v) is 2.76. The molecule has 0 saturated heterocycles. The Balaban J connectivity index is 1.94. The Bertz CT molecular complexity index is 438. The van der Waals surface area contributed by atoms with E-state index in [1.807, 2.05) is 11.9 Å². The van der Waals surface area contributed by atoms with E-state index in [2.05, 4.69) is 6.92 Å². The Kier molecular flexibility index (Phi) is 4.56. The molecule has 1 aliphatic rings. The Labute approximate surface area is 114 Å². The number of hydrogen-bond donors (Lipinski definition) is 0. The molecule has 0 radical (unpaired) electrons. The van der Waals surface area contributed by atoms with Gasteiger partial charge in [0.1, 0.15) is 5.82 Å². The van der Waals surface area contributed by atoms with Crippen LogP contribution in [0.1, 0.15) is 38.2 Å². The van der Waals surface area contributed by atoms with Gasteiger partial charge in [0.25, 0.3) is 0 Å². The van der Waals surface area contributed by atoms with Gasteiger partial charge in [-0.1, -0.05) is 25.1 Å². The van der Waals surface area contributed by atoms with Crippen molar-refractivity contribution in [2.75, 3.05) is 7.05 Å². The predicted octanol–water partition coefficient (Wildman–Crippen LogP) is 3.41. The second-order valence-corrected chi connectivity index (χ2v) is 5.69. The van der Waals surface area contributed by atoms with Crippen LogP contribution in [-0.4, -0.2) is 23.9 Å². The summed E-state index contributed by atoms with van der Waals surface area (Å²) in [6, 6.07) is 6.84. The Morgan fingerprint density at radius 2 is 1.89 bits per heavy atom. The molecule has 0 atom stereocenters. The molecular formula is C16H22FNO. The van der Waals surface area contributed by atoms with E-state index in [4.69, 9.17) is 0 Å². The highest BCUT2D eigenvalue weighted by Gasteiger charge is 2.25. The standard InChI is InChI=1S/C16H22FNO/c1-12-7-9-14(10-8-12)18(2)16(19)11-13-5-3-4-6-15(13)17/h3-6,12,14H,7-11H2,1-2H3. The van der Waals surface area contributed by atoms with Crippen LogP contribution in [0.2, 0.25) is 0 Å². The van der Waals surface area contributed by atoms with Gasteiger partial charge >= 0.3 is 0 Å². The lowest BCUT2D eigenvalue weighted by Crippen LogP contribution is -2.40. The van der Waals surface area contributed by atoms with Crippen molar-refractivity contribution in [3.05, 3.63) is 35.6 Å². The van der Waals surface area contributed by atoms with Crippen LogP contribution >= 0.6 is 0 Å². The van der Waals surface area contributed by atoms with Gasteiger partial charge in [-0.2, -0.15) is 0 Å². The fourth-order valence-electron chi connectivity index (χ4n) is 2.76. The number of nitrogens with zero attached hydrogens (tertiary/aromatic N) is 1. The fraction of sp³-hybridized carbons (Fsp3) is 0.562. The summed E-state index contributed by atoms with van der Waals surface area (Å²) in [6.07, 6.45) is 4.67. The van der Waals surface area contributed by atoms with Crippen molar-refractivity contribution in [2.24, 2.45) is 5.92 Å². The van der Waals surface area contributed by atoms with E-state index in [9.17, 15) is 9.18 Å². The van der Waals surface area contributed by atoms with Crippen molar-refractivity contribution < 1.29 is 9.18 Å². The third kappa shape index (κ3) is 3.55. The Morgan fingerprint density at radius 3 is 2.53 bits per heavy atom. The molecule has 0 spiro atoms. The van der Waals surface area contributed by atoms with Crippen LogP contribution in [-0.2, 0) is 11.2 Å². The van der Waals surface area contributed by atoms with Gasteiger partial charge in [-0.25, -0.2) is 4.39 Å². The van der Waals surface area contributed by atoms with E-state index in [0.717, 1.165) is 18.8 Å². The third-order valence-corrected chi connectivity index (χ3v) is 4.23. The zero-order valence-electron chi connectivity index (χ0n) is 11.7. The molecule has 1 saturated carbocycles. The molecule has 0 aromatic heterocycles. The van der Waals surface area contributed by atoms with Crippen molar-refractivity contribution in [3.63, 3.8) is 0 Å². The van der Waals surface area contributed by atoms with E-state index in [1.54, 1.807) is 18.2 Å². The van der Waals surface area contributed by atoms with Gasteiger partial charge in [0, 0.05) is 13.1 Å². The largest absolute Gasteiger partial charge is 0.342 e. The molecule has 0 N–H and O–H groups in total. The first-order chi connectivity index (χ1) is 9.08. The smallest absolute Gasteiger partial charge is 0.227 e. The molecule has 2 nitrogen and oxygen atoms in total. The maximum Gasteiger partial charge on any atom is 0.227 e. The zero-order valence-corrected chi connectivity index (χ0v) is 11.7. The van der Waals surface area contributed by atoms with Crippen molar-refractivity contribution in [1.82, 2.24) is 4.90 Å². The molecule has 0 bridgehead atoms. The average Bonchev–Trinajstić information content (AvgIpc) is 2.41. The van der Waals surface area contributed by atoms with Crippen LogP contribution in [0.5, 0.6) is 0 Å². The summed E-state index contributed by atoms with van der Waals surface area (Å²) in [5.74, 6) is 0.498. The highest BCUT2D eigenvalue weighted by Crippen LogP contribution is 2.26. The normalized spacial score (nSPS) is 23.1. The average molecular weight is 263 g/mol. The van der Waals surface area contributed by atoms with E-state index < -0.39 is 0 Å². The summed E-state index contributed by atoms with van der Waals surface area (Å²) in [7, 11) is 1.85. The molecule has 19 heavy (non-hydrogen) atoms. The van der Waals surface area contributed by atoms with Gasteiger partial charge < -0.3 is 4.90 Å². The maximum atomic E-state index is 13.5. The van der Waals surface area contributed by atoms with Gasteiger partial charge in [0.2, 0.25) is 5.91 Å². The van der Waals surface area contributed by atoms with Gasteiger partial charge in [0.05, 0.1) is 6.42 Å². The number of carbonyl (C=O) groups is 1. The number of rotatable bonds is 3. The van der Waals surface area contributed by atoms with Gasteiger partial charge in [-0.05, 0) is 43.2 Å². The third-order valence-electron chi connectivity index (χ3n) is 4.23. The molecular weight excluding hydrogens is 241 g/mol. The first-order valence-electron chi connectivity index (χ1n) is 7.07. The van der Waals surface area contributed by atoms with Gasteiger partial charge in [-0.3, -0.25) is 4.79 Å². The number of carbonyl (C=O) groups excluding carboxylic acids is 1. The van der Waals surface area contributed by atoms with E-state index in [0.29, 0.717) is 11.6 Å². The van der Waals surface area contributed by atoms with E-state index in [1.165, 1.54) is 18.9 Å². The van der Waals surface area contributed by atoms with Gasteiger partial charge in [-0.15, -0.1) is 0 Å². The van der Waals surface area contributed by atoms with E-state index >= 15 is 0 Å². The second-order valence-electron chi connectivity index (χ2n) is 5.69. The number of hydrogen-bond acceptors (Lipinski definition) is 1. The van der Waals surface area contributed by atoms with Crippen LogP contribution in [0.25, 0.3) is 0 Å². The summed E-state index contributed by atoms with van der Waals surface area (Å²) in [5, 5.41) is 0. The first-order valence-corrected chi connectivity index (χ1v) is 7.07. The Hall–Kier alpha value is -1.38. The molecule has 1 aromatic carbocycles. The minimum Gasteiger partial charge on any atom is -0.342 e. The highest BCUT2D eigenvalue weighted by atomic mass is 19.1. The molecule has 0 aliphatic heterocycles. The molecule has 1 amide bonds. The molecule has 1 aromatic rings. The summed E-state index contributed by atoms with van der Waals surface area (Å²) in [4.78, 5) is 14.0. The van der Waals surface area contributed by atoms with Crippen molar-refractivity contribution >= 4 is 5.91 Å². The molecule has 2 rings (SSSR count). The second kappa shape index (κ2) is 6.18. The molecule has 1 fully saturated rings. The molecule has 0 unspecified atom stereocenters. The topological polar surface area (TPSA) is 20.3 Å². The minimum atomic E-state index is -0.290. The molecule has 104 valence electrons. The number of benzene rings is 1. The van der Waals surface area contributed by atoms with E-state index in [-0.39, 0.29) is 18.1 Å². The lowest BCUT2D eigenvalue weighted by atomic mass is 9.86. The molecule has 1 aliphatic carbocycles. The van der Waals surface area contributed by atoms with Gasteiger partial charge in [0.15, 0.2) is 0 Å². The quantitative estimate of drug-likeness (QED) is 0.818. The summed E-state index contributed by atoms with van der Waals surface area (Å²) >= 11 is 0. The summed E-state index contributed by atoms with van der Waals surface area (Å²) in [5.41, 5.74) is 0.489. The Morgan fingerprint density at radius 1 is 1.26 bits per heavy atom. The summed E-state index contributed by atoms with van der Waals surface area (Å²) < 4.78 is 13.5. The van der Waals surface area contributed by atoms with Crippen LogP contribution in [0.15, 0.2) is 24.3 Å². The molecule has 0 heterocycles. The van der Waals surface area contributed by atoms with Crippen LogP contribution in [0.3, 0.4) is 0 Å². The van der Waals surface area contributed by atoms with Crippen molar-refractivity contribution in [1.29, 1.82) is 0 Å². The first kappa shape index (κ1) is 14.0. The van der Waals surface area contributed by atoms with Crippen LogP contribution < -0.4 is 0 Å². The number of likely N-dealkylation sites (N-methyl/N-ethyl adjacent to an activating group) is 1.